The molecular formula is C22H27N5O3S. The van der Waals surface area contributed by atoms with Crippen LogP contribution in [0.25, 0.3) is 11.0 Å². The average Bonchev–Trinajstić information content (AvgIpc) is 3.47. The minimum absolute atomic E-state index is 0.117. The molecule has 0 radical (unpaired) electrons. The fourth-order valence-corrected chi connectivity index (χ4v) is 4.69. The van der Waals surface area contributed by atoms with Gasteiger partial charge in [-0.3, -0.25) is 4.79 Å². The Kier molecular flexibility index (Phi) is 5.35. The molecule has 0 unspecified atom stereocenters. The third-order valence-corrected chi connectivity index (χ3v) is 7.48. The maximum atomic E-state index is 13.2. The zero-order chi connectivity index (χ0) is 22.5. The van der Waals surface area contributed by atoms with Gasteiger partial charge in [0.1, 0.15) is 0 Å². The van der Waals surface area contributed by atoms with Crippen LogP contribution in [0.2, 0.25) is 0 Å². The summed E-state index contributed by atoms with van der Waals surface area (Å²) in [6, 6.07) is 6.86. The van der Waals surface area contributed by atoms with E-state index in [9.17, 15) is 13.2 Å². The highest BCUT2D eigenvalue weighted by molar-refractivity contribution is 7.89. The summed E-state index contributed by atoms with van der Waals surface area (Å²) >= 11 is 0. The van der Waals surface area contributed by atoms with Crippen LogP contribution < -0.4 is 5.32 Å². The van der Waals surface area contributed by atoms with Crippen molar-refractivity contribution in [2.24, 2.45) is 0 Å². The van der Waals surface area contributed by atoms with E-state index in [0.29, 0.717) is 33.8 Å². The second kappa shape index (κ2) is 7.72. The van der Waals surface area contributed by atoms with E-state index in [1.165, 1.54) is 20.2 Å². The Bertz CT molecular complexity index is 1270. The van der Waals surface area contributed by atoms with Crippen molar-refractivity contribution in [1.29, 1.82) is 0 Å². The van der Waals surface area contributed by atoms with Crippen molar-refractivity contribution >= 4 is 32.7 Å². The number of nitrogens with zero attached hydrogens (tertiary/aromatic N) is 4. The van der Waals surface area contributed by atoms with Gasteiger partial charge in [-0.05, 0) is 57.4 Å². The summed E-state index contributed by atoms with van der Waals surface area (Å²) in [7, 11) is -0.651. The number of hydrogen-bond acceptors (Lipinski definition) is 5. The topological polar surface area (TPSA) is 97.2 Å². The van der Waals surface area contributed by atoms with Gasteiger partial charge < -0.3 is 5.32 Å². The summed E-state index contributed by atoms with van der Waals surface area (Å²) in [5.41, 5.74) is 3.14. The van der Waals surface area contributed by atoms with E-state index in [1.54, 1.807) is 25.3 Å². The number of aryl methyl sites for hydroxylation is 1. The molecule has 1 aromatic carbocycles. The van der Waals surface area contributed by atoms with Gasteiger partial charge in [0.15, 0.2) is 5.65 Å². The summed E-state index contributed by atoms with van der Waals surface area (Å²) in [5, 5.41) is 7.98. The van der Waals surface area contributed by atoms with Crippen molar-refractivity contribution in [3.63, 3.8) is 0 Å². The summed E-state index contributed by atoms with van der Waals surface area (Å²) in [4.78, 5) is 18.2. The molecule has 0 bridgehead atoms. The van der Waals surface area contributed by atoms with Crippen LogP contribution in [0.15, 0.2) is 35.4 Å². The molecule has 164 valence electrons. The van der Waals surface area contributed by atoms with E-state index in [2.05, 4.69) is 10.4 Å². The highest BCUT2D eigenvalue weighted by atomic mass is 32.2. The number of aromatic nitrogens is 3. The molecular weight excluding hydrogens is 414 g/mol. The minimum atomic E-state index is -3.62. The largest absolute Gasteiger partial charge is 0.322 e. The molecule has 0 atom stereocenters. The SMILES string of the molecule is Cc1ccc(NC(=O)c2cc(C3CC3)nc3c2cnn3C(C)C)cc1S(=O)(=O)N(C)C. The lowest BCUT2D eigenvalue weighted by atomic mass is 10.1. The molecule has 1 amide bonds. The summed E-state index contributed by atoms with van der Waals surface area (Å²) < 4.78 is 28.2. The van der Waals surface area contributed by atoms with Crippen LogP contribution in [0.1, 0.15) is 60.3 Å². The van der Waals surface area contributed by atoms with Gasteiger partial charge in [-0.1, -0.05) is 6.07 Å². The van der Waals surface area contributed by atoms with Crippen molar-refractivity contribution in [3.05, 3.63) is 47.3 Å². The molecule has 1 N–H and O–H groups in total. The van der Waals surface area contributed by atoms with E-state index < -0.39 is 10.0 Å². The molecule has 2 aromatic heterocycles. The molecule has 1 fully saturated rings. The molecule has 2 heterocycles. The monoisotopic (exact) mass is 441 g/mol. The van der Waals surface area contributed by atoms with Crippen LogP contribution in [-0.4, -0.2) is 47.5 Å². The Morgan fingerprint density at radius 1 is 1.23 bits per heavy atom. The van der Waals surface area contributed by atoms with Gasteiger partial charge in [-0.25, -0.2) is 22.4 Å². The van der Waals surface area contributed by atoms with Gasteiger partial charge in [0.05, 0.1) is 22.0 Å². The molecule has 4 rings (SSSR count). The van der Waals surface area contributed by atoms with Crippen LogP contribution >= 0.6 is 0 Å². The number of hydrogen-bond donors (Lipinski definition) is 1. The number of fused-ring (bicyclic) bond motifs is 1. The molecule has 9 heteroatoms. The van der Waals surface area contributed by atoms with Crippen LogP contribution in [-0.2, 0) is 10.0 Å². The molecule has 0 aliphatic heterocycles. The first-order valence-corrected chi connectivity index (χ1v) is 11.8. The van der Waals surface area contributed by atoms with Gasteiger partial charge in [0, 0.05) is 37.4 Å². The Labute approximate surface area is 182 Å². The average molecular weight is 442 g/mol. The Morgan fingerprint density at radius 3 is 2.55 bits per heavy atom. The van der Waals surface area contributed by atoms with Crippen molar-refractivity contribution in [1.82, 2.24) is 19.1 Å². The van der Waals surface area contributed by atoms with E-state index >= 15 is 0 Å². The number of carbonyl (C=O) groups excluding carboxylic acids is 1. The van der Waals surface area contributed by atoms with E-state index in [1.807, 2.05) is 24.6 Å². The lowest BCUT2D eigenvalue weighted by Gasteiger charge is -2.15. The smallest absolute Gasteiger partial charge is 0.256 e. The van der Waals surface area contributed by atoms with Crippen molar-refractivity contribution in [3.8, 4) is 0 Å². The van der Waals surface area contributed by atoms with Crippen molar-refractivity contribution < 1.29 is 13.2 Å². The number of nitrogens with one attached hydrogen (secondary N) is 1. The van der Waals surface area contributed by atoms with Gasteiger partial charge in [0.2, 0.25) is 10.0 Å². The third kappa shape index (κ3) is 3.95. The summed E-state index contributed by atoms with van der Waals surface area (Å²) in [6.45, 7) is 5.78. The van der Waals surface area contributed by atoms with Crippen LogP contribution in [0.4, 0.5) is 5.69 Å². The fraction of sp³-hybridized carbons (Fsp3) is 0.409. The second-order valence-corrected chi connectivity index (χ2v) is 10.6. The maximum Gasteiger partial charge on any atom is 0.256 e. The number of anilines is 1. The van der Waals surface area contributed by atoms with E-state index in [0.717, 1.165) is 22.8 Å². The first-order valence-electron chi connectivity index (χ1n) is 10.3. The minimum Gasteiger partial charge on any atom is -0.322 e. The Hall–Kier alpha value is -2.78. The van der Waals surface area contributed by atoms with Gasteiger partial charge in [0.25, 0.3) is 5.91 Å². The highest BCUT2D eigenvalue weighted by Crippen LogP contribution is 2.40. The van der Waals surface area contributed by atoms with Crippen LogP contribution in [0.3, 0.4) is 0 Å². The maximum absolute atomic E-state index is 13.2. The fourth-order valence-electron chi connectivity index (χ4n) is 3.54. The summed E-state index contributed by atoms with van der Waals surface area (Å²) in [5.74, 6) is 0.0670. The zero-order valence-electron chi connectivity index (χ0n) is 18.4. The third-order valence-electron chi connectivity index (χ3n) is 5.52. The molecule has 8 nitrogen and oxygen atoms in total. The molecule has 1 aliphatic rings. The van der Waals surface area contributed by atoms with Crippen molar-refractivity contribution in [2.75, 3.05) is 19.4 Å². The lowest BCUT2D eigenvalue weighted by Crippen LogP contribution is -2.23. The summed E-state index contributed by atoms with van der Waals surface area (Å²) in [6.07, 6.45) is 3.81. The van der Waals surface area contributed by atoms with E-state index in [-0.39, 0.29) is 16.8 Å². The normalized spacial score (nSPS) is 14.5. The first-order chi connectivity index (χ1) is 14.6. The molecule has 31 heavy (non-hydrogen) atoms. The molecule has 1 aliphatic carbocycles. The van der Waals surface area contributed by atoms with Crippen LogP contribution in [0, 0.1) is 6.92 Å². The predicted octanol–water partition coefficient (Wildman–Crippen LogP) is 3.70. The number of amides is 1. The van der Waals surface area contributed by atoms with Gasteiger partial charge in [-0.15, -0.1) is 0 Å². The zero-order valence-corrected chi connectivity index (χ0v) is 19.2. The Balaban J connectivity index is 1.74. The highest BCUT2D eigenvalue weighted by Gasteiger charge is 2.28. The van der Waals surface area contributed by atoms with Crippen LogP contribution in [0.5, 0.6) is 0 Å². The molecule has 0 saturated heterocycles. The molecule has 0 spiro atoms. The standard InChI is InChI=1S/C22H27N5O3S/c1-13(2)27-21-18(12-23-27)17(11-19(25-21)15-7-8-15)22(28)24-16-9-6-14(3)20(10-16)31(29,30)26(4)5/h6,9-13,15H,7-8H2,1-5H3,(H,24,28). The van der Waals surface area contributed by atoms with E-state index in [4.69, 9.17) is 4.98 Å². The number of carbonyl (C=O) groups is 1. The Morgan fingerprint density at radius 2 is 1.94 bits per heavy atom. The van der Waals surface area contributed by atoms with Gasteiger partial charge >= 0.3 is 0 Å². The predicted molar refractivity (Wildman–Crippen MR) is 120 cm³/mol. The molecule has 1 saturated carbocycles. The number of rotatable bonds is 6. The second-order valence-electron chi connectivity index (χ2n) is 8.51. The number of benzene rings is 1. The lowest BCUT2D eigenvalue weighted by molar-refractivity contribution is 0.102. The number of sulfonamides is 1. The quantitative estimate of drug-likeness (QED) is 0.629. The first kappa shape index (κ1) is 21.5. The number of pyridine rings is 1. The van der Waals surface area contributed by atoms with Gasteiger partial charge in [-0.2, -0.15) is 5.10 Å². The van der Waals surface area contributed by atoms with Crippen molar-refractivity contribution in [2.45, 2.75) is 50.5 Å². The molecule has 3 aromatic rings.